The zero-order valence-electron chi connectivity index (χ0n) is 8.59. The molecule has 0 bridgehead atoms. The van der Waals surface area contributed by atoms with Crippen molar-refractivity contribution in [3.63, 3.8) is 0 Å². The van der Waals surface area contributed by atoms with Crippen molar-refractivity contribution in [1.82, 2.24) is 5.32 Å². The molecule has 0 aromatic heterocycles. The Morgan fingerprint density at radius 3 is 2.86 bits per heavy atom. The second-order valence-electron chi connectivity index (χ2n) is 4.05. The summed E-state index contributed by atoms with van der Waals surface area (Å²) in [5, 5.41) is 12.9. The number of hydrogen-bond acceptors (Lipinski definition) is 2. The minimum atomic E-state index is 0.393. The van der Waals surface area contributed by atoms with Gasteiger partial charge in [-0.05, 0) is 43.5 Å². The molecule has 0 saturated carbocycles. The highest BCUT2D eigenvalue weighted by molar-refractivity contribution is 5.36. The summed E-state index contributed by atoms with van der Waals surface area (Å²) in [6.45, 7) is 3.06. The molecule has 2 rings (SSSR count). The van der Waals surface area contributed by atoms with Crippen molar-refractivity contribution in [3.05, 3.63) is 29.3 Å². The molecule has 1 aliphatic rings. The van der Waals surface area contributed by atoms with Crippen LogP contribution in [0, 0.1) is 6.92 Å². The molecule has 2 nitrogen and oxygen atoms in total. The SMILES string of the molecule is Cc1cc(C2CCCCN2)ccc1O. The first kappa shape index (κ1) is 9.53. The number of rotatable bonds is 1. The third-order valence-electron chi connectivity index (χ3n) is 2.93. The Morgan fingerprint density at radius 2 is 2.21 bits per heavy atom. The fraction of sp³-hybridized carbons (Fsp3) is 0.500. The van der Waals surface area contributed by atoms with Crippen molar-refractivity contribution in [2.45, 2.75) is 32.2 Å². The Labute approximate surface area is 85.0 Å². The molecule has 1 aliphatic heterocycles. The summed E-state index contributed by atoms with van der Waals surface area (Å²) in [4.78, 5) is 0. The number of aryl methyl sites for hydroxylation is 1. The van der Waals surface area contributed by atoms with E-state index in [2.05, 4.69) is 11.4 Å². The predicted octanol–water partition coefficient (Wildman–Crippen LogP) is 2.52. The molecule has 0 amide bonds. The maximum Gasteiger partial charge on any atom is 0.118 e. The van der Waals surface area contributed by atoms with Crippen LogP contribution in [0.3, 0.4) is 0 Å². The fourth-order valence-corrected chi connectivity index (χ4v) is 2.03. The lowest BCUT2D eigenvalue weighted by molar-refractivity contribution is 0.411. The number of phenolic OH excluding ortho intramolecular Hbond substituents is 1. The van der Waals surface area contributed by atoms with Gasteiger partial charge in [0.05, 0.1) is 0 Å². The smallest absolute Gasteiger partial charge is 0.118 e. The van der Waals surface area contributed by atoms with Gasteiger partial charge in [0.25, 0.3) is 0 Å². The fourth-order valence-electron chi connectivity index (χ4n) is 2.03. The predicted molar refractivity (Wildman–Crippen MR) is 57.4 cm³/mol. The standard InChI is InChI=1S/C12H17NO/c1-9-8-10(5-6-12(9)14)11-4-2-3-7-13-11/h5-6,8,11,13-14H,2-4,7H2,1H3. The topological polar surface area (TPSA) is 32.3 Å². The molecule has 76 valence electrons. The normalized spacial score (nSPS) is 22.2. The zero-order chi connectivity index (χ0) is 9.97. The second-order valence-corrected chi connectivity index (χ2v) is 4.05. The van der Waals surface area contributed by atoms with Crippen molar-refractivity contribution in [2.24, 2.45) is 0 Å². The molecule has 1 atom stereocenters. The summed E-state index contributed by atoms with van der Waals surface area (Å²) >= 11 is 0. The van der Waals surface area contributed by atoms with Gasteiger partial charge in [-0.15, -0.1) is 0 Å². The van der Waals surface area contributed by atoms with Gasteiger partial charge in [0.1, 0.15) is 5.75 Å². The van der Waals surface area contributed by atoms with Crippen LogP contribution in [0.1, 0.15) is 36.4 Å². The van der Waals surface area contributed by atoms with Crippen molar-refractivity contribution in [1.29, 1.82) is 0 Å². The van der Waals surface area contributed by atoms with Crippen LogP contribution in [0.5, 0.6) is 5.75 Å². The molecule has 2 heteroatoms. The maximum atomic E-state index is 9.42. The van der Waals surface area contributed by atoms with Crippen LogP contribution in [0.2, 0.25) is 0 Å². The summed E-state index contributed by atoms with van der Waals surface area (Å²) in [5.41, 5.74) is 2.27. The van der Waals surface area contributed by atoms with Gasteiger partial charge in [0.15, 0.2) is 0 Å². The van der Waals surface area contributed by atoms with E-state index >= 15 is 0 Å². The van der Waals surface area contributed by atoms with Gasteiger partial charge in [-0.3, -0.25) is 0 Å². The summed E-state index contributed by atoms with van der Waals surface area (Å²) in [7, 11) is 0. The van der Waals surface area contributed by atoms with E-state index in [-0.39, 0.29) is 0 Å². The lowest BCUT2D eigenvalue weighted by Crippen LogP contribution is -2.26. The van der Waals surface area contributed by atoms with E-state index in [1.54, 1.807) is 6.07 Å². The van der Waals surface area contributed by atoms with Crippen LogP contribution >= 0.6 is 0 Å². The third kappa shape index (κ3) is 1.90. The number of hydrogen-bond donors (Lipinski definition) is 2. The second kappa shape index (κ2) is 4.01. The van der Waals surface area contributed by atoms with Crippen LogP contribution in [-0.2, 0) is 0 Å². The molecule has 2 N–H and O–H groups in total. The summed E-state index contributed by atoms with van der Waals surface area (Å²) in [5.74, 6) is 0.393. The number of phenols is 1. The minimum Gasteiger partial charge on any atom is -0.508 e. The summed E-state index contributed by atoms with van der Waals surface area (Å²) in [6.07, 6.45) is 3.80. The van der Waals surface area contributed by atoms with E-state index in [4.69, 9.17) is 0 Å². The number of aromatic hydroxyl groups is 1. The monoisotopic (exact) mass is 191 g/mol. The molecular formula is C12H17NO. The first-order valence-electron chi connectivity index (χ1n) is 5.30. The highest BCUT2D eigenvalue weighted by atomic mass is 16.3. The van der Waals surface area contributed by atoms with Crippen LogP contribution in [-0.4, -0.2) is 11.7 Å². The van der Waals surface area contributed by atoms with Crippen molar-refractivity contribution in [3.8, 4) is 5.75 Å². The van der Waals surface area contributed by atoms with Crippen LogP contribution in [0.4, 0.5) is 0 Å². The van der Waals surface area contributed by atoms with Gasteiger partial charge in [0, 0.05) is 6.04 Å². The van der Waals surface area contributed by atoms with E-state index in [1.807, 2.05) is 13.0 Å². The molecule has 0 spiro atoms. The Bertz CT molecular complexity index is 316. The van der Waals surface area contributed by atoms with Crippen LogP contribution in [0.15, 0.2) is 18.2 Å². The first-order valence-corrected chi connectivity index (χ1v) is 5.30. The average molecular weight is 191 g/mol. The largest absolute Gasteiger partial charge is 0.508 e. The Balaban J connectivity index is 2.18. The van der Waals surface area contributed by atoms with E-state index < -0.39 is 0 Å². The molecule has 1 fully saturated rings. The molecule has 1 saturated heterocycles. The summed E-state index contributed by atoms with van der Waals surface area (Å²) < 4.78 is 0. The molecule has 1 heterocycles. The zero-order valence-corrected chi connectivity index (χ0v) is 8.59. The Hall–Kier alpha value is -1.02. The van der Waals surface area contributed by atoms with Gasteiger partial charge in [-0.25, -0.2) is 0 Å². The Morgan fingerprint density at radius 1 is 1.36 bits per heavy atom. The van der Waals surface area contributed by atoms with E-state index in [1.165, 1.54) is 24.8 Å². The van der Waals surface area contributed by atoms with Gasteiger partial charge in [0.2, 0.25) is 0 Å². The maximum absolute atomic E-state index is 9.42. The molecule has 1 aromatic rings. The molecular weight excluding hydrogens is 174 g/mol. The minimum absolute atomic E-state index is 0.393. The molecule has 0 radical (unpaired) electrons. The quantitative estimate of drug-likeness (QED) is 0.715. The molecule has 14 heavy (non-hydrogen) atoms. The van der Waals surface area contributed by atoms with Crippen molar-refractivity contribution < 1.29 is 5.11 Å². The van der Waals surface area contributed by atoms with Gasteiger partial charge in [-0.2, -0.15) is 0 Å². The lowest BCUT2D eigenvalue weighted by Gasteiger charge is -2.24. The van der Waals surface area contributed by atoms with Gasteiger partial charge >= 0.3 is 0 Å². The van der Waals surface area contributed by atoms with E-state index in [0.717, 1.165) is 12.1 Å². The highest BCUT2D eigenvalue weighted by Crippen LogP contribution is 2.26. The van der Waals surface area contributed by atoms with Crippen LogP contribution < -0.4 is 5.32 Å². The Kier molecular flexibility index (Phi) is 2.73. The van der Waals surface area contributed by atoms with Gasteiger partial charge < -0.3 is 10.4 Å². The number of nitrogens with one attached hydrogen (secondary N) is 1. The highest BCUT2D eigenvalue weighted by Gasteiger charge is 2.14. The van der Waals surface area contributed by atoms with E-state index in [0.29, 0.717) is 11.8 Å². The average Bonchev–Trinajstić information content (AvgIpc) is 2.23. The summed E-state index contributed by atoms with van der Waals surface area (Å²) in [6, 6.07) is 6.38. The lowest BCUT2D eigenvalue weighted by atomic mass is 9.96. The third-order valence-corrected chi connectivity index (χ3v) is 2.93. The van der Waals surface area contributed by atoms with Crippen molar-refractivity contribution >= 4 is 0 Å². The van der Waals surface area contributed by atoms with Crippen molar-refractivity contribution in [2.75, 3.05) is 6.54 Å². The molecule has 1 unspecified atom stereocenters. The number of piperidine rings is 1. The number of benzene rings is 1. The first-order chi connectivity index (χ1) is 6.77. The van der Waals surface area contributed by atoms with E-state index in [9.17, 15) is 5.11 Å². The molecule has 0 aliphatic carbocycles. The van der Waals surface area contributed by atoms with Crippen LogP contribution in [0.25, 0.3) is 0 Å². The molecule has 1 aromatic carbocycles. The van der Waals surface area contributed by atoms with Gasteiger partial charge in [-0.1, -0.05) is 18.6 Å².